The van der Waals surface area contributed by atoms with E-state index in [4.69, 9.17) is 23.1 Å². The summed E-state index contributed by atoms with van der Waals surface area (Å²) in [6, 6.07) is 6.22. The van der Waals surface area contributed by atoms with Gasteiger partial charge >= 0.3 is 0 Å². The van der Waals surface area contributed by atoms with Gasteiger partial charge in [-0.3, -0.25) is 9.59 Å². The van der Waals surface area contributed by atoms with Crippen LogP contribution < -0.4 is 16.8 Å². The second-order valence-electron chi connectivity index (χ2n) is 3.59. The number of primary amides is 1. The van der Waals surface area contributed by atoms with Crippen molar-refractivity contribution in [3.8, 4) is 0 Å². The average molecular weight is 292 g/mol. The van der Waals surface area contributed by atoms with Crippen LogP contribution in [-0.2, 0) is 16.1 Å². The molecule has 1 atom stereocenters. The maximum absolute atomic E-state index is 11.5. The van der Waals surface area contributed by atoms with Crippen LogP contribution in [0, 0.1) is 0 Å². The van der Waals surface area contributed by atoms with E-state index in [0.717, 1.165) is 5.56 Å². The van der Waals surface area contributed by atoms with E-state index in [2.05, 4.69) is 5.32 Å². The lowest BCUT2D eigenvalue weighted by molar-refractivity contribution is -0.126. The van der Waals surface area contributed by atoms with E-state index in [1.807, 2.05) is 6.07 Å². The third kappa shape index (κ3) is 5.35. The van der Waals surface area contributed by atoms with E-state index in [9.17, 15) is 9.59 Å². The quantitative estimate of drug-likeness (QED) is 0.740. The maximum Gasteiger partial charge on any atom is 0.237 e. The Balaban J connectivity index is 0.00000289. The van der Waals surface area contributed by atoms with E-state index in [1.165, 1.54) is 0 Å². The number of carbonyl (C=O) groups excluding carboxylic acids is 2. The number of rotatable bonds is 5. The zero-order chi connectivity index (χ0) is 12.8. The van der Waals surface area contributed by atoms with E-state index >= 15 is 0 Å². The Morgan fingerprint density at radius 2 is 1.94 bits per heavy atom. The average Bonchev–Trinajstić information content (AvgIpc) is 2.26. The summed E-state index contributed by atoms with van der Waals surface area (Å²) in [5, 5.41) is 3.15. The number of carbonyl (C=O) groups is 2. The van der Waals surface area contributed by atoms with Gasteiger partial charge in [0.25, 0.3) is 0 Å². The molecule has 0 heterocycles. The molecule has 0 aliphatic heterocycles. The van der Waals surface area contributed by atoms with Gasteiger partial charge < -0.3 is 16.8 Å². The zero-order valence-corrected chi connectivity index (χ0v) is 11.1. The minimum Gasteiger partial charge on any atom is -0.370 e. The molecule has 0 saturated heterocycles. The highest BCUT2D eigenvalue weighted by atomic mass is 35.5. The van der Waals surface area contributed by atoms with Crippen LogP contribution >= 0.6 is 24.0 Å². The Labute approximate surface area is 116 Å². The van der Waals surface area contributed by atoms with Crippen LogP contribution in [0.25, 0.3) is 0 Å². The van der Waals surface area contributed by atoms with Crippen molar-refractivity contribution in [2.45, 2.75) is 19.0 Å². The van der Waals surface area contributed by atoms with Crippen molar-refractivity contribution in [2.75, 3.05) is 0 Å². The maximum atomic E-state index is 11.5. The molecule has 1 aromatic carbocycles. The van der Waals surface area contributed by atoms with Crippen LogP contribution in [0.15, 0.2) is 24.3 Å². The molecule has 0 spiro atoms. The van der Waals surface area contributed by atoms with Crippen molar-refractivity contribution in [1.29, 1.82) is 0 Å². The summed E-state index contributed by atoms with van der Waals surface area (Å²) in [5.74, 6) is -1.03. The van der Waals surface area contributed by atoms with Crippen LogP contribution in [0.1, 0.15) is 12.0 Å². The van der Waals surface area contributed by atoms with E-state index in [0.29, 0.717) is 5.02 Å². The highest BCUT2D eigenvalue weighted by molar-refractivity contribution is 6.31. The number of nitrogens with two attached hydrogens (primary N) is 2. The van der Waals surface area contributed by atoms with Gasteiger partial charge in [0.1, 0.15) is 0 Å². The van der Waals surface area contributed by atoms with Crippen LogP contribution in [0.5, 0.6) is 0 Å². The van der Waals surface area contributed by atoms with Gasteiger partial charge in [0.05, 0.1) is 12.5 Å². The fraction of sp³-hybridized carbons (Fsp3) is 0.273. The number of amides is 2. The molecule has 7 heteroatoms. The number of nitrogens with one attached hydrogen (secondary N) is 1. The summed E-state index contributed by atoms with van der Waals surface area (Å²) in [6.45, 7) is 0.269. The van der Waals surface area contributed by atoms with Gasteiger partial charge in [0.2, 0.25) is 11.8 Å². The van der Waals surface area contributed by atoms with Crippen molar-refractivity contribution in [2.24, 2.45) is 11.5 Å². The fourth-order valence-corrected chi connectivity index (χ4v) is 1.47. The van der Waals surface area contributed by atoms with Gasteiger partial charge in [-0.05, 0) is 11.6 Å². The van der Waals surface area contributed by atoms with Gasteiger partial charge in [0.15, 0.2) is 0 Å². The molecule has 0 aliphatic rings. The Hall–Kier alpha value is -1.30. The number of halogens is 2. The molecular weight excluding hydrogens is 277 g/mol. The topological polar surface area (TPSA) is 98.2 Å². The lowest BCUT2D eigenvalue weighted by atomic mass is 10.2. The van der Waals surface area contributed by atoms with Gasteiger partial charge in [0, 0.05) is 11.6 Å². The SMILES string of the molecule is Cl.NC(=O)CC(N)C(=O)NCc1ccccc1Cl. The Kier molecular flexibility index (Phi) is 7.35. The first-order valence-electron chi connectivity index (χ1n) is 5.05. The molecule has 100 valence electrons. The monoisotopic (exact) mass is 291 g/mol. The summed E-state index contributed by atoms with van der Waals surface area (Å²) < 4.78 is 0. The summed E-state index contributed by atoms with van der Waals surface area (Å²) in [4.78, 5) is 22.1. The van der Waals surface area contributed by atoms with Crippen LogP contribution in [0.3, 0.4) is 0 Å². The molecule has 1 rings (SSSR count). The predicted molar refractivity (Wildman–Crippen MR) is 72.3 cm³/mol. The first kappa shape index (κ1) is 16.7. The first-order chi connectivity index (χ1) is 8.00. The van der Waals surface area contributed by atoms with Crippen molar-refractivity contribution in [3.05, 3.63) is 34.9 Å². The largest absolute Gasteiger partial charge is 0.370 e. The Morgan fingerprint density at radius 3 is 2.50 bits per heavy atom. The second kappa shape index (κ2) is 7.92. The van der Waals surface area contributed by atoms with Gasteiger partial charge in [-0.1, -0.05) is 29.8 Å². The molecule has 0 saturated carbocycles. The summed E-state index contributed by atoms with van der Waals surface area (Å²) >= 11 is 5.91. The fourth-order valence-electron chi connectivity index (χ4n) is 1.26. The van der Waals surface area contributed by atoms with Crippen molar-refractivity contribution in [3.63, 3.8) is 0 Å². The molecule has 1 aromatic rings. The highest BCUT2D eigenvalue weighted by Crippen LogP contribution is 2.14. The summed E-state index contributed by atoms with van der Waals surface area (Å²) in [6.07, 6.45) is -0.172. The molecule has 1 unspecified atom stereocenters. The third-order valence-electron chi connectivity index (χ3n) is 2.17. The highest BCUT2D eigenvalue weighted by Gasteiger charge is 2.15. The van der Waals surface area contributed by atoms with Crippen molar-refractivity contribution < 1.29 is 9.59 Å². The Morgan fingerprint density at radius 1 is 1.33 bits per heavy atom. The Bertz CT molecular complexity index is 427. The van der Waals surface area contributed by atoms with Gasteiger partial charge in [-0.25, -0.2) is 0 Å². The minimum atomic E-state index is -0.921. The number of benzene rings is 1. The second-order valence-corrected chi connectivity index (χ2v) is 3.99. The molecule has 2 amide bonds. The molecule has 0 fully saturated rings. The summed E-state index contributed by atoms with van der Waals surface area (Å²) in [7, 11) is 0. The predicted octanol–water partition coefficient (Wildman–Crippen LogP) is 0.581. The molecule has 0 radical (unpaired) electrons. The molecule has 18 heavy (non-hydrogen) atoms. The van der Waals surface area contributed by atoms with E-state index in [-0.39, 0.29) is 25.4 Å². The van der Waals surface area contributed by atoms with E-state index in [1.54, 1.807) is 18.2 Å². The third-order valence-corrected chi connectivity index (χ3v) is 2.54. The van der Waals surface area contributed by atoms with Crippen LogP contribution in [-0.4, -0.2) is 17.9 Å². The van der Waals surface area contributed by atoms with Crippen molar-refractivity contribution >= 4 is 35.8 Å². The normalized spacial score (nSPS) is 11.2. The molecule has 0 aliphatic carbocycles. The lowest BCUT2D eigenvalue weighted by Crippen LogP contribution is -2.42. The molecule has 5 nitrogen and oxygen atoms in total. The van der Waals surface area contributed by atoms with Gasteiger partial charge in [-0.15, -0.1) is 12.4 Å². The number of hydrogen-bond donors (Lipinski definition) is 3. The lowest BCUT2D eigenvalue weighted by Gasteiger charge is -2.11. The van der Waals surface area contributed by atoms with E-state index < -0.39 is 17.9 Å². The van der Waals surface area contributed by atoms with Crippen molar-refractivity contribution in [1.82, 2.24) is 5.32 Å². The smallest absolute Gasteiger partial charge is 0.237 e. The number of hydrogen-bond acceptors (Lipinski definition) is 3. The summed E-state index contributed by atoms with van der Waals surface area (Å²) in [5.41, 5.74) is 11.2. The molecule has 0 aromatic heterocycles. The zero-order valence-electron chi connectivity index (χ0n) is 9.56. The van der Waals surface area contributed by atoms with Crippen LogP contribution in [0.2, 0.25) is 5.02 Å². The molecule has 5 N–H and O–H groups in total. The molecule has 0 bridgehead atoms. The first-order valence-corrected chi connectivity index (χ1v) is 5.43. The molecular formula is C11H15Cl2N3O2. The van der Waals surface area contributed by atoms with Gasteiger partial charge in [-0.2, -0.15) is 0 Å². The standard InChI is InChI=1S/C11H14ClN3O2.ClH/c12-8-4-2-1-3-7(8)6-15-11(17)9(13)5-10(14)16;/h1-4,9H,5-6,13H2,(H2,14,16)(H,15,17);1H. The van der Waals surface area contributed by atoms with Crippen LogP contribution in [0.4, 0.5) is 0 Å². The minimum absolute atomic E-state index is 0.